The number of carbonyl (C=O) groups excluding carboxylic acids is 2. The van der Waals surface area contributed by atoms with Gasteiger partial charge in [0, 0.05) is 0 Å². The first kappa shape index (κ1) is 79.4. The number of carboxylic acids is 3. The molecule has 0 aliphatic heterocycles. The molecule has 7 atom stereocenters. The summed E-state index contributed by atoms with van der Waals surface area (Å²) in [6, 6.07) is 0. The monoisotopic (exact) mass is 780 g/mol. The van der Waals surface area contributed by atoms with Crippen molar-refractivity contribution >= 4 is 41.9 Å². The third kappa shape index (κ3) is 92.0. The Morgan fingerprint density at radius 2 is 0.917 bits per heavy atom. The van der Waals surface area contributed by atoms with E-state index in [1.54, 1.807) is 27.7 Å². The van der Waals surface area contributed by atoms with Crippen LogP contribution in [0, 0.1) is 0 Å². The Balaban J connectivity index is -0.0000000400. The Morgan fingerprint density at radius 3 is 1.08 bits per heavy atom. The summed E-state index contributed by atoms with van der Waals surface area (Å²) in [5.74, 6) is -3.85. The number of hydrogen-bond acceptors (Lipinski definition) is 13. The van der Waals surface area contributed by atoms with Crippen molar-refractivity contribution in [3.8, 4) is 0 Å². The topological polar surface area (TPSA) is 270 Å². The van der Waals surface area contributed by atoms with Crippen LogP contribution in [0.25, 0.3) is 0 Å². The molecule has 0 saturated heterocycles. The summed E-state index contributed by atoms with van der Waals surface area (Å²) in [6.45, 7) is 13.7. The number of aliphatic hydroxyl groups is 4. The van der Waals surface area contributed by atoms with Gasteiger partial charge in [-0.15, -0.1) is 30.1 Å². The number of carbonyl (C=O) groups is 3. The summed E-state index contributed by atoms with van der Waals surface area (Å²) in [4.78, 5) is 29.2. The van der Waals surface area contributed by atoms with E-state index >= 15 is 0 Å². The third-order valence-corrected chi connectivity index (χ3v) is 5.12. The Hall–Kier alpha value is 2.67. The minimum absolute atomic E-state index is 0. The molecule has 14 nitrogen and oxygen atoms in total. The molecule has 0 heterocycles. The number of ether oxygens (including phenoxy) is 2. The number of aliphatic carboxylic acids is 3. The molecule has 0 aliphatic rings. The van der Waals surface area contributed by atoms with Gasteiger partial charge in [0.1, 0.15) is 6.61 Å². The molecule has 0 fully saturated rings. The number of carboxylic acid groups (broad SMARTS) is 3. The first-order valence-corrected chi connectivity index (χ1v) is 14.6. The molecule has 0 rings (SSSR count). The molecule has 48 heavy (non-hydrogen) atoms. The van der Waals surface area contributed by atoms with Crippen LogP contribution in [-0.2, 0) is 23.9 Å². The van der Waals surface area contributed by atoms with Gasteiger partial charge in [0.15, 0.2) is 0 Å². The Kier molecular flexibility index (Phi) is 97.6. The largest absolute Gasteiger partial charge is 1.00 e. The van der Waals surface area contributed by atoms with Gasteiger partial charge in [0.05, 0.1) is 61.0 Å². The molecule has 0 aromatic carbocycles. The first-order valence-electron chi connectivity index (χ1n) is 14.1. The predicted molar refractivity (Wildman–Crippen MR) is 163 cm³/mol. The normalized spacial score (nSPS) is 13.1. The van der Waals surface area contributed by atoms with Gasteiger partial charge in [-0.3, -0.25) is 0 Å². The van der Waals surface area contributed by atoms with E-state index in [9.17, 15) is 19.8 Å². The number of alkyl halides is 1. The fourth-order valence-corrected chi connectivity index (χ4v) is 2.21. The second-order valence-corrected chi connectivity index (χ2v) is 9.74. The van der Waals surface area contributed by atoms with E-state index < -0.39 is 48.7 Å². The SMILES string of the molecule is CCC(C)O.CCC(O)CC(C)OCC(=O)O.CCC(O)CC(C)OCC(=O)[O-].CCC(O)CC(C)[O-].Cl.O=C([O-])CCl.[Na+].[Na+].[Na+].[Na+].[OH-]. The number of rotatable bonds is 17. The zero-order valence-corrected chi connectivity index (χ0v) is 40.9. The van der Waals surface area contributed by atoms with E-state index in [1.165, 1.54) is 0 Å². The van der Waals surface area contributed by atoms with Crippen LogP contribution in [0.5, 0.6) is 0 Å². The van der Waals surface area contributed by atoms with Crippen molar-refractivity contribution in [1.29, 1.82) is 0 Å². The molecule has 0 saturated carbocycles. The Morgan fingerprint density at radius 1 is 0.646 bits per heavy atom. The van der Waals surface area contributed by atoms with Crippen LogP contribution in [-0.4, -0.2) is 111 Å². The molecule has 0 amide bonds. The van der Waals surface area contributed by atoms with Gasteiger partial charge in [-0.2, -0.15) is 0 Å². The zero-order valence-electron chi connectivity index (χ0n) is 31.3. The van der Waals surface area contributed by atoms with Gasteiger partial charge in [0.25, 0.3) is 0 Å². The Bertz CT molecular complexity index is 601. The Labute approximate surface area is 387 Å². The van der Waals surface area contributed by atoms with E-state index in [0.717, 1.165) is 6.42 Å². The van der Waals surface area contributed by atoms with Crippen molar-refractivity contribution in [3.63, 3.8) is 0 Å². The molecular formula is C28H58Cl2Na4O14. The number of hydrogen-bond donors (Lipinski definition) is 5. The molecule has 0 aliphatic carbocycles. The summed E-state index contributed by atoms with van der Waals surface area (Å²) in [6.07, 6.45) is 1.84. The van der Waals surface area contributed by atoms with Gasteiger partial charge in [0.2, 0.25) is 0 Å². The van der Waals surface area contributed by atoms with E-state index in [-0.39, 0.29) is 167 Å². The number of halogens is 2. The minimum Gasteiger partial charge on any atom is -0.870 e. The molecule has 0 aromatic heterocycles. The van der Waals surface area contributed by atoms with Gasteiger partial charge >= 0.3 is 124 Å². The second kappa shape index (κ2) is 59.0. The molecule has 6 N–H and O–H groups in total. The van der Waals surface area contributed by atoms with E-state index in [2.05, 4.69) is 11.6 Å². The summed E-state index contributed by atoms with van der Waals surface area (Å²) in [7, 11) is 0. The van der Waals surface area contributed by atoms with Crippen molar-refractivity contribution in [3.05, 3.63) is 0 Å². The van der Waals surface area contributed by atoms with Crippen molar-refractivity contribution in [2.24, 2.45) is 0 Å². The van der Waals surface area contributed by atoms with E-state index in [0.29, 0.717) is 38.5 Å². The minimum atomic E-state index is -1.23. The van der Waals surface area contributed by atoms with Crippen molar-refractivity contribution in [2.45, 2.75) is 143 Å². The van der Waals surface area contributed by atoms with Gasteiger partial charge in [-0.05, 0) is 65.7 Å². The van der Waals surface area contributed by atoms with Crippen LogP contribution in [0.3, 0.4) is 0 Å². The molecule has 0 bridgehead atoms. The van der Waals surface area contributed by atoms with E-state index in [1.807, 2.05) is 27.7 Å². The summed E-state index contributed by atoms with van der Waals surface area (Å²) in [5, 5.41) is 73.2. The van der Waals surface area contributed by atoms with E-state index in [4.69, 9.17) is 44.9 Å². The first-order chi connectivity index (χ1) is 19.3. The molecular weight excluding hydrogens is 723 g/mol. The maximum Gasteiger partial charge on any atom is 1.00 e. The smallest absolute Gasteiger partial charge is 0.870 e. The molecule has 20 heteroatoms. The third-order valence-electron chi connectivity index (χ3n) is 4.90. The molecule has 0 aromatic rings. The number of aliphatic hydroxyl groups excluding tert-OH is 4. The van der Waals surface area contributed by atoms with Crippen molar-refractivity contribution in [1.82, 2.24) is 0 Å². The van der Waals surface area contributed by atoms with Crippen LogP contribution in [0.4, 0.5) is 0 Å². The van der Waals surface area contributed by atoms with Crippen LogP contribution in [0.1, 0.15) is 100 Å². The van der Waals surface area contributed by atoms with Crippen LogP contribution < -0.4 is 134 Å². The summed E-state index contributed by atoms with van der Waals surface area (Å²) < 4.78 is 9.77. The van der Waals surface area contributed by atoms with Gasteiger partial charge < -0.3 is 65.4 Å². The van der Waals surface area contributed by atoms with Crippen molar-refractivity contribution in [2.75, 3.05) is 19.1 Å². The average Bonchev–Trinajstić information content (AvgIpc) is 2.91. The van der Waals surface area contributed by atoms with Crippen LogP contribution in [0.2, 0.25) is 0 Å². The van der Waals surface area contributed by atoms with Crippen LogP contribution in [0.15, 0.2) is 0 Å². The van der Waals surface area contributed by atoms with Crippen LogP contribution >= 0.6 is 24.0 Å². The molecule has 0 radical (unpaired) electrons. The second-order valence-electron chi connectivity index (χ2n) is 9.48. The summed E-state index contributed by atoms with van der Waals surface area (Å²) >= 11 is 4.67. The fraction of sp³-hybridized carbons (Fsp3) is 0.893. The molecule has 7 unspecified atom stereocenters. The quantitative estimate of drug-likeness (QED) is 0.0678. The summed E-state index contributed by atoms with van der Waals surface area (Å²) in [5.41, 5.74) is 0. The maximum absolute atomic E-state index is 10.3. The zero-order chi connectivity index (χ0) is 34.3. The van der Waals surface area contributed by atoms with Gasteiger partial charge in [-0.1, -0.05) is 34.6 Å². The van der Waals surface area contributed by atoms with Gasteiger partial charge in [-0.25, -0.2) is 4.79 Å². The molecule has 272 valence electrons. The average molecular weight is 782 g/mol. The van der Waals surface area contributed by atoms with Crippen molar-refractivity contribution < 1.29 is 188 Å². The predicted octanol–water partition coefficient (Wildman–Crippen LogP) is -12.2. The standard InChI is InChI=1S/2C8H16O4.C6H13O2.C4H10O.C2H3ClO2.ClH.4Na.H2O/c2*1-3-7(9)4-6(2)12-5-8(10)11;1-3-6(8)4-5(2)7;1-3-4(2)5;3-1-2(4)5;;;;;;/h2*6-7,9H,3-5H2,1-2H3,(H,10,11);5-6,8H,3-4H2,1-2H3;4-5H,3H2,1-2H3;1H2,(H,4,5);1H;;;;;1H2/q;;-1;;;;4*+1;/p-3. The molecule has 0 spiro atoms. The fourth-order valence-electron chi connectivity index (χ4n) is 2.21. The maximum atomic E-state index is 10.3.